The van der Waals surface area contributed by atoms with E-state index in [0.717, 1.165) is 30.5 Å². The molecule has 90 valence electrons. The first-order chi connectivity index (χ1) is 8.24. The van der Waals surface area contributed by atoms with Crippen LogP contribution in [-0.2, 0) is 6.42 Å². The molecule has 3 rings (SSSR count). The number of rotatable bonds is 4. The van der Waals surface area contributed by atoms with Crippen molar-refractivity contribution in [1.29, 1.82) is 0 Å². The maximum absolute atomic E-state index is 9.34. The molecule has 1 aromatic carbocycles. The van der Waals surface area contributed by atoms with Gasteiger partial charge in [0.15, 0.2) is 0 Å². The number of fused-ring (bicyclic) bond motifs is 1. The van der Waals surface area contributed by atoms with Crippen LogP contribution in [0.4, 0.5) is 0 Å². The number of hydrogen-bond acceptors (Lipinski definition) is 2. The van der Waals surface area contributed by atoms with Gasteiger partial charge in [0.1, 0.15) is 5.75 Å². The molecule has 17 heavy (non-hydrogen) atoms. The summed E-state index contributed by atoms with van der Waals surface area (Å²) in [5.41, 5.74) is 2.47. The zero-order valence-corrected chi connectivity index (χ0v) is 9.99. The molecule has 3 heteroatoms. The number of benzene rings is 1. The lowest BCUT2D eigenvalue weighted by molar-refractivity contribution is 0.210. The Balaban J connectivity index is 1.91. The third kappa shape index (κ3) is 1.91. The second kappa shape index (κ2) is 3.77. The standard InChI is InChI=1S/C14H17NO2/c1-17-12-3-2-10-6-11(15-13(10)7-12)8-14(9-16)4-5-14/h2-3,6-7,15-16H,4-5,8-9H2,1H3. The Kier molecular flexibility index (Phi) is 2.37. The lowest BCUT2D eigenvalue weighted by atomic mass is 10.0. The topological polar surface area (TPSA) is 45.2 Å². The molecule has 0 amide bonds. The van der Waals surface area contributed by atoms with E-state index in [1.165, 1.54) is 11.1 Å². The number of methoxy groups -OCH3 is 1. The van der Waals surface area contributed by atoms with Crippen LogP contribution in [0.3, 0.4) is 0 Å². The number of aromatic nitrogens is 1. The van der Waals surface area contributed by atoms with Crippen LogP contribution in [0.2, 0.25) is 0 Å². The molecular weight excluding hydrogens is 214 g/mol. The molecule has 1 saturated carbocycles. The van der Waals surface area contributed by atoms with Crippen LogP contribution in [0.1, 0.15) is 18.5 Å². The first kappa shape index (κ1) is 10.7. The third-order valence-electron chi connectivity index (χ3n) is 3.74. The van der Waals surface area contributed by atoms with E-state index in [-0.39, 0.29) is 5.41 Å². The largest absolute Gasteiger partial charge is 0.497 e. The van der Waals surface area contributed by atoms with Crippen LogP contribution >= 0.6 is 0 Å². The molecule has 1 aliphatic rings. The van der Waals surface area contributed by atoms with Crippen LogP contribution in [0, 0.1) is 5.41 Å². The van der Waals surface area contributed by atoms with Gasteiger partial charge in [0, 0.05) is 23.9 Å². The van der Waals surface area contributed by atoms with E-state index in [1.807, 2.05) is 12.1 Å². The number of ether oxygens (including phenoxy) is 1. The van der Waals surface area contributed by atoms with E-state index in [1.54, 1.807) is 7.11 Å². The lowest BCUT2D eigenvalue weighted by Crippen LogP contribution is -2.10. The fraction of sp³-hybridized carbons (Fsp3) is 0.429. The average molecular weight is 231 g/mol. The normalized spacial score (nSPS) is 17.3. The summed E-state index contributed by atoms with van der Waals surface area (Å²) >= 11 is 0. The Morgan fingerprint density at radius 2 is 2.18 bits per heavy atom. The highest BCUT2D eigenvalue weighted by molar-refractivity contribution is 5.81. The molecule has 0 aliphatic heterocycles. The molecule has 0 saturated heterocycles. The van der Waals surface area contributed by atoms with Crippen molar-refractivity contribution in [2.45, 2.75) is 19.3 Å². The Labute approximate surface area is 100 Å². The number of H-pyrrole nitrogens is 1. The summed E-state index contributed by atoms with van der Waals surface area (Å²) in [4.78, 5) is 3.41. The van der Waals surface area contributed by atoms with Crippen molar-refractivity contribution in [1.82, 2.24) is 4.98 Å². The van der Waals surface area contributed by atoms with Crippen molar-refractivity contribution >= 4 is 10.9 Å². The minimum Gasteiger partial charge on any atom is -0.497 e. The Hall–Kier alpha value is -1.48. The highest BCUT2D eigenvalue weighted by atomic mass is 16.5. The van der Waals surface area contributed by atoms with Gasteiger partial charge < -0.3 is 14.8 Å². The molecule has 0 unspecified atom stereocenters. The predicted molar refractivity (Wildman–Crippen MR) is 67.3 cm³/mol. The molecule has 0 spiro atoms. The summed E-state index contributed by atoms with van der Waals surface area (Å²) in [6.45, 7) is 0.297. The number of aliphatic hydroxyl groups is 1. The summed E-state index contributed by atoms with van der Waals surface area (Å²) < 4.78 is 5.21. The monoisotopic (exact) mass is 231 g/mol. The number of nitrogens with one attached hydrogen (secondary N) is 1. The number of aromatic amines is 1. The Morgan fingerprint density at radius 3 is 2.82 bits per heavy atom. The second-order valence-corrected chi connectivity index (χ2v) is 5.08. The predicted octanol–water partition coefficient (Wildman–Crippen LogP) is 2.49. The van der Waals surface area contributed by atoms with E-state index in [4.69, 9.17) is 4.74 Å². The fourth-order valence-electron chi connectivity index (χ4n) is 2.36. The zero-order valence-electron chi connectivity index (χ0n) is 9.99. The SMILES string of the molecule is COc1ccc2cc(CC3(CO)CC3)[nH]c2c1. The summed E-state index contributed by atoms with van der Waals surface area (Å²) in [6.07, 6.45) is 3.23. The Bertz CT molecular complexity index is 540. The van der Waals surface area contributed by atoms with E-state index >= 15 is 0 Å². The molecule has 1 aromatic heterocycles. The van der Waals surface area contributed by atoms with Gasteiger partial charge in [-0.05, 0) is 48.3 Å². The first-order valence-corrected chi connectivity index (χ1v) is 6.01. The van der Waals surface area contributed by atoms with Gasteiger partial charge in [-0.2, -0.15) is 0 Å². The summed E-state index contributed by atoms with van der Waals surface area (Å²) in [7, 11) is 1.68. The zero-order chi connectivity index (χ0) is 11.9. The number of hydrogen-bond donors (Lipinski definition) is 2. The van der Waals surface area contributed by atoms with Gasteiger partial charge in [0.2, 0.25) is 0 Å². The molecule has 1 heterocycles. The molecule has 2 aromatic rings. The molecule has 0 atom stereocenters. The van der Waals surface area contributed by atoms with Crippen LogP contribution in [0.25, 0.3) is 10.9 Å². The summed E-state index contributed by atoms with van der Waals surface area (Å²) in [6, 6.07) is 8.22. The van der Waals surface area contributed by atoms with E-state index in [2.05, 4.69) is 17.1 Å². The molecular formula is C14H17NO2. The maximum Gasteiger partial charge on any atom is 0.120 e. The smallest absolute Gasteiger partial charge is 0.120 e. The van der Waals surface area contributed by atoms with Gasteiger partial charge in [-0.1, -0.05) is 0 Å². The molecule has 3 nitrogen and oxygen atoms in total. The van der Waals surface area contributed by atoms with Crippen LogP contribution in [-0.4, -0.2) is 23.8 Å². The van der Waals surface area contributed by atoms with Gasteiger partial charge >= 0.3 is 0 Å². The van der Waals surface area contributed by atoms with Gasteiger partial charge in [0.05, 0.1) is 7.11 Å². The van der Waals surface area contributed by atoms with Crippen molar-refractivity contribution in [2.75, 3.05) is 13.7 Å². The average Bonchev–Trinajstić information content (AvgIpc) is 3.01. The van der Waals surface area contributed by atoms with Crippen molar-refractivity contribution in [3.8, 4) is 5.75 Å². The lowest BCUT2D eigenvalue weighted by Gasteiger charge is -2.08. The molecule has 1 fully saturated rings. The van der Waals surface area contributed by atoms with Crippen LogP contribution in [0.5, 0.6) is 5.75 Å². The first-order valence-electron chi connectivity index (χ1n) is 6.01. The Morgan fingerprint density at radius 1 is 1.35 bits per heavy atom. The minimum atomic E-state index is 0.158. The minimum absolute atomic E-state index is 0.158. The van der Waals surface area contributed by atoms with Gasteiger partial charge in [0.25, 0.3) is 0 Å². The van der Waals surface area contributed by atoms with Crippen molar-refractivity contribution in [3.05, 3.63) is 30.0 Å². The van der Waals surface area contributed by atoms with E-state index < -0.39 is 0 Å². The second-order valence-electron chi connectivity index (χ2n) is 5.08. The summed E-state index contributed by atoms with van der Waals surface area (Å²) in [5.74, 6) is 0.870. The highest BCUT2D eigenvalue weighted by Crippen LogP contribution is 2.47. The number of aliphatic hydroxyl groups excluding tert-OH is 1. The van der Waals surface area contributed by atoms with Gasteiger partial charge in [-0.25, -0.2) is 0 Å². The van der Waals surface area contributed by atoms with Crippen molar-refractivity contribution in [3.63, 3.8) is 0 Å². The quantitative estimate of drug-likeness (QED) is 0.849. The van der Waals surface area contributed by atoms with Crippen LogP contribution < -0.4 is 4.74 Å². The van der Waals surface area contributed by atoms with Crippen molar-refractivity contribution in [2.24, 2.45) is 5.41 Å². The maximum atomic E-state index is 9.34. The highest BCUT2D eigenvalue weighted by Gasteiger charge is 2.42. The molecule has 0 radical (unpaired) electrons. The van der Waals surface area contributed by atoms with E-state index in [9.17, 15) is 5.11 Å². The molecule has 2 N–H and O–H groups in total. The molecule has 1 aliphatic carbocycles. The third-order valence-corrected chi connectivity index (χ3v) is 3.74. The molecule has 0 bridgehead atoms. The van der Waals surface area contributed by atoms with Gasteiger partial charge in [-0.15, -0.1) is 0 Å². The van der Waals surface area contributed by atoms with Crippen molar-refractivity contribution < 1.29 is 9.84 Å². The fourth-order valence-corrected chi connectivity index (χ4v) is 2.36. The summed E-state index contributed by atoms with van der Waals surface area (Å²) in [5, 5.41) is 10.5. The van der Waals surface area contributed by atoms with Gasteiger partial charge in [-0.3, -0.25) is 0 Å². The van der Waals surface area contributed by atoms with Crippen LogP contribution in [0.15, 0.2) is 24.3 Å². The van der Waals surface area contributed by atoms with E-state index in [0.29, 0.717) is 6.61 Å².